The second-order valence-electron chi connectivity index (χ2n) is 3.52. The minimum Gasteiger partial charge on any atom is -0.433 e. The molecule has 0 aliphatic carbocycles. The Labute approximate surface area is 70.5 Å². The maximum Gasteiger partial charge on any atom is 0.411 e. The third-order valence-electron chi connectivity index (χ3n) is 2.69. The van der Waals surface area contributed by atoms with Crippen LogP contribution in [0.5, 0.6) is 0 Å². The Morgan fingerprint density at radius 1 is 1.75 bits per heavy atom. The summed E-state index contributed by atoms with van der Waals surface area (Å²) in [5.74, 6) is 0. The molecular weight excluding hydrogens is 158 g/mol. The molecular formula is C8H11NO3. The van der Waals surface area contributed by atoms with Gasteiger partial charge in [-0.05, 0) is 19.8 Å². The van der Waals surface area contributed by atoms with Gasteiger partial charge in [0.05, 0.1) is 6.04 Å². The standard InChI is InChI=1S/C8H11NO3/c1-8(5-10)6-3-2-4-9(6)7(11)12-8/h5-6H,2-4H2,1H3. The van der Waals surface area contributed by atoms with Crippen LogP contribution in [0.25, 0.3) is 0 Å². The fraction of sp³-hybridized carbons (Fsp3) is 0.750. The lowest BCUT2D eigenvalue weighted by Gasteiger charge is -2.20. The summed E-state index contributed by atoms with van der Waals surface area (Å²) in [7, 11) is 0. The Hall–Kier alpha value is -1.06. The van der Waals surface area contributed by atoms with E-state index in [0.29, 0.717) is 0 Å². The quantitative estimate of drug-likeness (QED) is 0.539. The molecule has 1 amide bonds. The first-order valence-electron chi connectivity index (χ1n) is 4.13. The first-order valence-corrected chi connectivity index (χ1v) is 4.13. The summed E-state index contributed by atoms with van der Waals surface area (Å²) in [5, 5.41) is 0. The van der Waals surface area contributed by atoms with E-state index in [0.717, 1.165) is 25.7 Å². The minimum absolute atomic E-state index is 0.0255. The van der Waals surface area contributed by atoms with Gasteiger partial charge in [0.25, 0.3) is 0 Å². The van der Waals surface area contributed by atoms with Gasteiger partial charge in [0.1, 0.15) is 0 Å². The molecule has 2 atom stereocenters. The first kappa shape index (κ1) is 7.58. The lowest BCUT2D eigenvalue weighted by molar-refractivity contribution is -0.121. The molecule has 2 unspecified atom stereocenters. The van der Waals surface area contributed by atoms with Crippen molar-refractivity contribution in [1.82, 2.24) is 4.90 Å². The molecule has 2 fully saturated rings. The van der Waals surface area contributed by atoms with Crippen LogP contribution in [0, 0.1) is 0 Å². The number of rotatable bonds is 1. The van der Waals surface area contributed by atoms with Crippen molar-refractivity contribution in [3.05, 3.63) is 0 Å². The van der Waals surface area contributed by atoms with E-state index in [1.165, 1.54) is 0 Å². The molecule has 0 bridgehead atoms. The second-order valence-corrected chi connectivity index (χ2v) is 3.52. The molecule has 0 aromatic heterocycles. The van der Waals surface area contributed by atoms with Crippen LogP contribution >= 0.6 is 0 Å². The molecule has 2 saturated heterocycles. The van der Waals surface area contributed by atoms with Gasteiger partial charge in [-0.25, -0.2) is 4.79 Å². The van der Waals surface area contributed by atoms with Gasteiger partial charge in [0.2, 0.25) is 0 Å². The van der Waals surface area contributed by atoms with Crippen LogP contribution < -0.4 is 0 Å². The van der Waals surface area contributed by atoms with E-state index in [-0.39, 0.29) is 12.1 Å². The molecule has 4 heteroatoms. The van der Waals surface area contributed by atoms with Crippen LogP contribution in [-0.2, 0) is 9.53 Å². The zero-order valence-electron chi connectivity index (χ0n) is 6.95. The third-order valence-corrected chi connectivity index (χ3v) is 2.69. The highest BCUT2D eigenvalue weighted by molar-refractivity contribution is 5.79. The zero-order valence-corrected chi connectivity index (χ0v) is 6.95. The maximum atomic E-state index is 11.2. The van der Waals surface area contributed by atoms with Crippen molar-refractivity contribution in [2.45, 2.75) is 31.4 Å². The molecule has 4 nitrogen and oxygen atoms in total. The van der Waals surface area contributed by atoms with Crippen molar-refractivity contribution in [3.8, 4) is 0 Å². The first-order chi connectivity index (χ1) is 5.67. The number of amides is 1. The second kappa shape index (κ2) is 2.21. The van der Waals surface area contributed by atoms with Gasteiger partial charge < -0.3 is 9.64 Å². The Morgan fingerprint density at radius 2 is 2.50 bits per heavy atom. The molecule has 66 valence electrons. The van der Waals surface area contributed by atoms with E-state index in [2.05, 4.69) is 0 Å². The van der Waals surface area contributed by atoms with Crippen LogP contribution in [0.15, 0.2) is 0 Å². The lowest BCUT2D eigenvalue weighted by Crippen LogP contribution is -2.40. The van der Waals surface area contributed by atoms with Crippen LogP contribution in [0.4, 0.5) is 4.79 Å². The monoisotopic (exact) mass is 169 g/mol. The molecule has 0 radical (unpaired) electrons. The highest BCUT2D eigenvalue weighted by atomic mass is 16.6. The van der Waals surface area contributed by atoms with Gasteiger partial charge in [0, 0.05) is 6.54 Å². The van der Waals surface area contributed by atoms with E-state index in [1.807, 2.05) is 0 Å². The normalized spacial score (nSPS) is 39.6. The molecule has 0 spiro atoms. The zero-order chi connectivity index (χ0) is 8.77. The largest absolute Gasteiger partial charge is 0.433 e. The van der Waals surface area contributed by atoms with Crippen LogP contribution in [0.2, 0.25) is 0 Å². The molecule has 0 aromatic carbocycles. The van der Waals surface area contributed by atoms with Gasteiger partial charge in [-0.15, -0.1) is 0 Å². The van der Waals surface area contributed by atoms with Gasteiger partial charge in [0.15, 0.2) is 11.9 Å². The summed E-state index contributed by atoms with van der Waals surface area (Å²) < 4.78 is 4.98. The van der Waals surface area contributed by atoms with E-state index >= 15 is 0 Å². The molecule has 2 rings (SSSR count). The number of hydrogen-bond donors (Lipinski definition) is 0. The summed E-state index contributed by atoms with van der Waals surface area (Å²) in [6.07, 6.45) is 2.25. The number of cyclic esters (lactones) is 1. The fourth-order valence-corrected chi connectivity index (χ4v) is 2.00. The SMILES string of the molecule is CC1(C=O)OC(=O)N2CCCC21. The molecule has 2 aliphatic rings. The number of ether oxygens (including phenoxy) is 1. The van der Waals surface area contributed by atoms with Crippen molar-refractivity contribution in [1.29, 1.82) is 0 Å². The van der Waals surface area contributed by atoms with E-state index < -0.39 is 5.60 Å². The van der Waals surface area contributed by atoms with Crippen molar-refractivity contribution >= 4 is 12.4 Å². The van der Waals surface area contributed by atoms with Gasteiger partial charge in [-0.1, -0.05) is 0 Å². The number of carbonyl (C=O) groups is 2. The summed E-state index contributed by atoms with van der Waals surface area (Å²) in [4.78, 5) is 23.5. The Balaban J connectivity index is 2.30. The molecule has 2 aliphatic heterocycles. The summed E-state index contributed by atoms with van der Waals surface area (Å²) in [5.41, 5.74) is -0.895. The van der Waals surface area contributed by atoms with Gasteiger partial charge >= 0.3 is 6.09 Å². The van der Waals surface area contributed by atoms with Crippen LogP contribution in [0.3, 0.4) is 0 Å². The van der Waals surface area contributed by atoms with E-state index in [9.17, 15) is 9.59 Å². The summed E-state index contributed by atoms with van der Waals surface area (Å²) >= 11 is 0. The molecule has 0 saturated carbocycles. The highest BCUT2D eigenvalue weighted by Crippen LogP contribution is 2.35. The fourth-order valence-electron chi connectivity index (χ4n) is 2.00. The average molecular weight is 169 g/mol. The Morgan fingerprint density at radius 3 is 3.17 bits per heavy atom. The number of carbonyl (C=O) groups excluding carboxylic acids is 2. The maximum absolute atomic E-state index is 11.2. The van der Waals surface area contributed by atoms with Crippen molar-refractivity contribution in [2.75, 3.05) is 6.54 Å². The van der Waals surface area contributed by atoms with Crippen molar-refractivity contribution < 1.29 is 14.3 Å². The minimum atomic E-state index is -0.895. The molecule has 0 N–H and O–H groups in total. The topological polar surface area (TPSA) is 46.6 Å². The van der Waals surface area contributed by atoms with Crippen LogP contribution in [0.1, 0.15) is 19.8 Å². The Kier molecular flexibility index (Phi) is 1.40. The van der Waals surface area contributed by atoms with E-state index in [1.54, 1.807) is 11.8 Å². The number of nitrogens with zero attached hydrogens (tertiary/aromatic N) is 1. The number of hydrogen-bond acceptors (Lipinski definition) is 3. The van der Waals surface area contributed by atoms with E-state index in [4.69, 9.17) is 4.74 Å². The molecule has 0 aromatic rings. The lowest BCUT2D eigenvalue weighted by atomic mass is 9.97. The van der Waals surface area contributed by atoms with Gasteiger partial charge in [-0.3, -0.25) is 4.79 Å². The summed E-state index contributed by atoms with van der Waals surface area (Å²) in [6.45, 7) is 2.40. The van der Waals surface area contributed by atoms with Gasteiger partial charge in [-0.2, -0.15) is 0 Å². The number of fused-ring (bicyclic) bond motifs is 1. The summed E-state index contributed by atoms with van der Waals surface area (Å²) in [6, 6.07) is -0.0255. The molecule has 2 heterocycles. The molecule has 12 heavy (non-hydrogen) atoms. The Bertz CT molecular complexity index is 240. The predicted molar refractivity (Wildman–Crippen MR) is 40.7 cm³/mol. The third kappa shape index (κ3) is 0.777. The van der Waals surface area contributed by atoms with Crippen molar-refractivity contribution in [3.63, 3.8) is 0 Å². The smallest absolute Gasteiger partial charge is 0.411 e. The number of aldehydes is 1. The average Bonchev–Trinajstić information content (AvgIpc) is 2.58. The van der Waals surface area contributed by atoms with Crippen molar-refractivity contribution in [2.24, 2.45) is 0 Å². The highest BCUT2D eigenvalue weighted by Gasteiger charge is 2.52. The predicted octanol–water partition coefficient (Wildman–Crippen LogP) is 0.559. The van der Waals surface area contributed by atoms with Crippen LogP contribution in [-0.4, -0.2) is 35.5 Å².